The summed E-state index contributed by atoms with van der Waals surface area (Å²) >= 11 is 0. The molecule has 1 amide bonds. The van der Waals surface area contributed by atoms with Crippen molar-refractivity contribution in [2.75, 3.05) is 6.54 Å². The fourth-order valence-electron chi connectivity index (χ4n) is 1.09. The van der Waals surface area contributed by atoms with Gasteiger partial charge in [-0.05, 0) is 20.3 Å². The number of nitrogens with two attached hydrogens (primary N) is 1. The fourth-order valence-corrected chi connectivity index (χ4v) is 1.09. The summed E-state index contributed by atoms with van der Waals surface area (Å²) in [6.45, 7) is 5.78. The van der Waals surface area contributed by atoms with Crippen LogP contribution >= 0.6 is 0 Å². The van der Waals surface area contributed by atoms with E-state index in [-0.39, 0.29) is 5.91 Å². The first-order valence-corrected chi connectivity index (χ1v) is 5.32. The lowest BCUT2D eigenvalue weighted by molar-refractivity contribution is -0.125. The minimum atomic E-state index is -0.815. The molecule has 0 saturated heterocycles. The van der Waals surface area contributed by atoms with E-state index in [4.69, 9.17) is 10.3 Å². The molecule has 6 heteroatoms. The van der Waals surface area contributed by atoms with Gasteiger partial charge in [-0.1, -0.05) is 12.1 Å². The van der Waals surface area contributed by atoms with Crippen LogP contribution in [0.2, 0.25) is 0 Å². The van der Waals surface area contributed by atoms with Crippen molar-refractivity contribution in [2.24, 2.45) is 5.73 Å². The normalized spacial score (nSPS) is 14.5. The highest BCUT2D eigenvalue weighted by Gasteiger charge is 2.25. The number of carbonyl (C=O) groups is 1. The van der Waals surface area contributed by atoms with Gasteiger partial charge in [0.05, 0.1) is 5.54 Å². The molecule has 0 radical (unpaired) electrons. The molecule has 1 unspecified atom stereocenters. The number of carbonyl (C=O) groups excluding carboxylic acids is 1. The quantitative estimate of drug-likeness (QED) is 0.746. The van der Waals surface area contributed by atoms with Crippen LogP contribution in [0, 0.1) is 6.92 Å². The van der Waals surface area contributed by atoms with Crippen LogP contribution < -0.4 is 11.1 Å². The van der Waals surface area contributed by atoms with Gasteiger partial charge in [0, 0.05) is 13.0 Å². The van der Waals surface area contributed by atoms with Crippen LogP contribution in [0.4, 0.5) is 0 Å². The Kier molecular flexibility index (Phi) is 4.00. The average Bonchev–Trinajstić information content (AvgIpc) is 2.64. The van der Waals surface area contributed by atoms with Gasteiger partial charge in [-0.15, -0.1) is 0 Å². The first kappa shape index (κ1) is 12.6. The molecule has 16 heavy (non-hydrogen) atoms. The van der Waals surface area contributed by atoms with Crippen molar-refractivity contribution in [1.29, 1.82) is 0 Å². The maximum absolute atomic E-state index is 11.6. The number of hydrogen-bond donors (Lipinski definition) is 2. The maximum atomic E-state index is 11.6. The van der Waals surface area contributed by atoms with Crippen LogP contribution in [0.25, 0.3) is 0 Å². The lowest BCUT2D eigenvalue weighted by Crippen LogP contribution is -2.51. The standard InChI is InChI=1S/C10H18N4O2/c1-4-10(3,11)9(15)12-6-5-8-13-7(2)14-16-8/h4-6,11H2,1-3H3,(H,12,15). The summed E-state index contributed by atoms with van der Waals surface area (Å²) < 4.78 is 4.91. The van der Waals surface area contributed by atoms with E-state index in [1.54, 1.807) is 13.8 Å². The summed E-state index contributed by atoms with van der Waals surface area (Å²) in [6, 6.07) is 0. The van der Waals surface area contributed by atoms with E-state index in [2.05, 4.69) is 15.5 Å². The van der Waals surface area contributed by atoms with E-state index in [1.165, 1.54) is 0 Å². The zero-order chi connectivity index (χ0) is 12.2. The molecule has 0 saturated carbocycles. The molecule has 0 aliphatic carbocycles. The predicted molar refractivity (Wildman–Crippen MR) is 58.6 cm³/mol. The molecule has 0 aliphatic rings. The van der Waals surface area contributed by atoms with Crippen LogP contribution in [-0.4, -0.2) is 28.1 Å². The summed E-state index contributed by atoms with van der Waals surface area (Å²) in [5.41, 5.74) is 4.96. The lowest BCUT2D eigenvalue weighted by Gasteiger charge is -2.21. The van der Waals surface area contributed by atoms with E-state index >= 15 is 0 Å². The van der Waals surface area contributed by atoms with Crippen molar-refractivity contribution in [3.8, 4) is 0 Å². The van der Waals surface area contributed by atoms with Crippen molar-refractivity contribution in [1.82, 2.24) is 15.5 Å². The molecule has 1 aromatic heterocycles. The smallest absolute Gasteiger partial charge is 0.239 e. The Bertz CT molecular complexity index is 359. The third-order valence-electron chi connectivity index (χ3n) is 2.45. The van der Waals surface area contributed by atoms with E-state index < -0.39 is 5.54 Å². The van der Waals surface area contributed by atoms with Crippen molar-refractivity contribution < 1.29 is 9.32 Å². The van der Waals surface area contributed by atoms with Crippen molar-refractivity contribution >= 4 is 5.91 Å². The van der Waals surface area contributed by atoms with Gasteiger partial charge in [-0.2, -0.15) is 4.98 Å². The van der Waals surface area contributed by atoms with Crippen LogP contribution in [-0.2, 0) is 11.2 Å². The Morgan fingerprint density at radius 2 is 2.31 bits per heavy atom. The van der Waals surface area contributed by atoms with E-state index in [0.717, 1.165) is 0 Å². The van der Waals surface area contributed by atoms with Gasteiger partial charge >= 0.3 is 0 Å². The summed E-state index contributed by atoms with van der Waals surface area (Å²) in [6.07, 6.45) is 1.12. The monoisotopic (exact) mass is 226 g/mol. The number of nitrogens with one attached hydrogen (secondary N) is 1. The van der Waals surface area contributed by atoms with Crippen LogP contribution in [0.3, 0.4) is 0 Å². The molecule has 0 spiro atoms. The fraction of sp³-hybridized carbons (Fsp3) is 0.700. The second kappa shape index (κ2) is 5.07. The Balaban J connectivity index is 2.33. The maximum Gasteiger partial charge on any atom is 0.239 e. The molecule has 3 N–H and O–H groups in total. The average molecular weight is 226 g/mol. The van der Waals surface area contributed by atoms with Crippen molar-refractivity contribution in [3.05, 3.63) is 11.7 Å². The molecule has 0 fully saturated rings. The SMILES string of the molecule is CCC(C)(N)C(=O)NCCc1nc(C)no1. The van der Waals surface area contributed by atoms with Crippen LogP contribution in [0.1, 0.15) is 32.0 Å². The molecule has 0 aromatic carbocycles. The summed E-state index contributed by atoms with van der Waals surface area (Å²) in [7, 11) is 0. The van der Waals surface area contributed by atoms with Crippen molar-refractivity contribution in [3.63, 3.8) is 0 Å². The minimum Gasteiger partial charge on any atom is -0.354 e. The lowest BCUT2D eigenvalue weighted by atomic mass is 10.00. The first-order valence-electron chi connectivity index (χ1n) is 5.32. The second-order valence-electron chi connectivity index (χ2n) is 4.01. The Morgan fingerprint density at radius 1 is 1.62 bits per heavy atom. The Morgan fingerprint density at radius 3 is 2.81 bits per heavy atom. The second-order valence-corrected chi connectivity index (χ2v) is 4.01. The largest absolute Gasteiger partial charge is 0.354 e. The third kappa shape index (κ3) is 3.30. The van der Waals surface area contributed by atoms with Gasteiger partial charge in [-0.3, -0.25) is 4.79 Å². The highest BCUT2D eigenvalue weighted by Crippen LogP contribution is 2.04. The van der Waals surface area contributed by atoms with E-state index in [0.29, 0.717) is 31.1 Å². The molecule has 1 heterocycles. The number of rotatable bonds is 5. The predicted octanol–water partition coefficient (Wildman–Crippen LogP) is 0.164. The van der Waals surface area contributed by atoms with Crippen molar-refractivity contribution in [2.45, 2.75) is 39.2 Å². The molecule has 1 rings (SSSR count). The number of nitrogens with zero attached hydrogens (tertiary/aromatic N) is 2. The summed E-state index contributed by atoms with van der Waals surface area (Å²) in [5, 5.41) is 6.40. The van der Waals surface area contributed by atoms with Crippen LogP contribution in [0.5, 0.6) is 0 Å². The van der Waals surface area contributed by atoms with E-state index in [9.17, 15) is 4.79 Å². The molecule has 0 bridgehead atoms. The first-order chi connectivity index (χ1) is 7.45. The van der Waals surface area contributed by atoms with Gasteiger partial charge in [0.25, 0.3) is 0 Å². The number of aryl methyl sites for hydroxylation is 1. The van der Waals surface area contributed by atoms with Gasteiger partial charge in [0.1, 0.15) is 0 Å². The molecule has 1 atom stereocenters. The summed E-state index contributed by atoms with van der Waals surface area (Å²) in [4.78, 5) is 15.6. The number of hydrogen-bond acceptors (Lipinski definition) is 5. The molecular formula is C10H18N4O2. The summed E-state index contributed by atoms with van der Waals surface area (Å²) in [5.74, 6) is 0.956. The van der Waals surface area contributed by atoms with Gasteiger partial charge in [-0.25, -0.2) is 0 Å². The third-order valence-corrected chi connectivity index (χ3v) is 2.45. The zero-order valence-corrected chi connectivity index (χ0v) is 9.91. The van der Waals surface area contributed by atoms with Gasteiger partial charge in [0.15, 0.2) is 5.82 Å². The highest BCUT2D eigenvalue weighted by atomic mass is 16.5. The number of amides is 1. The highest BCUT2D eigenvalue weighted by molar-refractivity contribution is 5.85. The Labute approximate surface area is 94.6 Å². The van der Waals surface area contributed by atoms with E-state index in [1.807, 2.05) is 6.92 Å². The molecular weight excluding hydrogens is 208 g/mol. The minimum absolute atomic E-state index is 0.161. The number of aromatic nitrogens is 2. The Hall–Kier alpha value is -1.43. The molecule has 6 nitrogen and oxygen atoms in total. The van der Waals surface area contributed by atoms with Gasteiger partial charge in [0.2, 0.25) is 11.8 Å². The molecule has 90 valence electrons. The molecule has 1 aromatic rings. The topological polar surface area (TPSA) is 94.0 Å². The molecule has 0 aliphatic heterocycles. The zero-order valence-electron chi connectivity index (χ0n) is 9.91. The van der Waals surface area contributed by atoms with Crippen LogP contribution in [0.15, 0.2) is 4.52 Å². The van der Waals surface area contributed by atoms with Gasteiger partial charge < -0.3 is 15.6 Å².